The van der Waals surface area contributed by atoms with Crippen molar-refractivity contribution >= 4 is 49.5 Å². The van der Waals surface area contributed by atoms with E-state index in [1.54, 1.807) is 0 Å². The average Bonchev–Trinajstić information content (AvgIpc) is 3.47. The van der Waals surface area contributed by atoms with Crippen LogP contribution in [0.1, 0.15) is 44.7 Å². The summed E-state index contributed by atoms with van der Waals surface area (Å²) in [5, 5.41) is 1.96. The summed E-state index contributed by atoms with van der Waals surface area (Å²) in [4.78, 5) is 13.2. The van der Waals surface area contributed by atoms with Crippen molar-refractivity contribution in [1.82, 2.24) is 19.5 Å². The molecule has 0 unspecified atom stereocenters. The molecule has 0 radical (unpaired) electrons. The molecule has 2 aliphatic rings. The zero-order valence-corrected chi connectivity index (χ0v) is 21.4. The van der Waals surface area contributed by atoms with Gasteiger partial charge in [0.1, 0.15) is 29.7 Å². The lowest BCUT2D eigenvalue weighted by Gasteiger charge is -2.24. The lowest BCUT2D eigenvalue weighted by Crippen LogP contribution is -2.27. The number of aryl methyl sites for hydroxylation is 1. The van der Waals surface area contributed by atoms with E-state index in [2.05, 4.69) is 59.8 Å². The van der Waals surface area contributed by atoms with E-state index in [4.69, 9.17) is 20.9 Å². The molecule has 4 heterocycles. The third-order valence-electron chi connectivity index (χ3n) is 7.35. The first-order valence-corrected chi connectivity index (χ1v) is 12.9. The molecule has 3 aromatic heterocycles. The van der Waals surface area contributed by atoms with Crippen LogP contribution in [0.4, 0.5) is 11.6 Å². The molecule has 4 aromatic rings. The van der Waals surface area contributed by atoms with Gasteiger partial charge in [0, 0.05) is 11.6 Å². The van der Waals surface area contributed by atoms with Gasteiger partial charge in [-0.15, -0.1) is 0 Å². The van der Waals surface area contributed by atoms with Crippen molar-refractivity contribution in [3.05, 3.63) is 52.9 Å². The number of hydrogen-bond donors (Lipinski definition) is 2. The largest absolute Gasteiger partial charge is 0.383 e. The van der Waals surface area contributed by atoms with Crippen molar-refractivity contribution in [2.45, 2.75) is 63.6 Å². The summed E-state index contributed by atoms with van der Waals surface area (Å²) >= 11 is 3.46. The monoisotopic (exact) mass is 536 g/mol. The predicted octanol–water partition coefficient (Wildman–Crippen LogP) is 5.01. The van der Waals surface area contributed by atoms with Crippen LogP contribution < -0.4 is 11.5 Å². The van der Waals surface area contributed by atoms with E-state index in [0.29, 0.717) is 17.6 Å². The minimum Gasteiger partial charge on any atom is -0.383 e. The second kappa shape index (κ2) is 8.43. The molecule has 8 nitrogen and oxygen atoms in total. The third-order valence-corrected chi connectivity index (χ3v) is 7.99. The highest BCUT2D eigenvalue weighted by molar-refractivity contribution is 9.10. The van der Waals surface area contributed by atoms with Gasteiger partial charge in [-0.25, -0.2) is 15.0 Å². The molecule has 35 heavy (non-hydrogen) atoms. The van der Waals surface area contributed by atoms with Crippen LogP contribution in [0.25, 0.3) is 21.9 Å². The maximum Gasteiger partial charge on any atom is 0.163 e. The van der Waals surface area contributed by atoms with Crippen molar-refractivity contribution in [3.63, 3.8) is 0 Å². The van der Waals surface area contributed by atoms with E-state index in [1.807, 2.05) is 26.0 Å². The lowest BCUT2D eigenvalue weighted by molar-refractivity contribution is -0.160. The molecule has 4 N–H and O–H groups in total. The average molecular weight is 537 g/mol. The minimum absolute atomic E-state index is 0.0203. The zero-order chi connectivity index (χ0) is 24.3. The van der Waals surface area contributed by atoms with Crippen LogP contribution in [0.5, 0.6) is 0 Å². The van der Waals surface area contributed by atoms with Gasteiger partial charge in [-0.3, -0.25) is 0 Å². The van der Waals surface area contributed by atoms with Crippen molar-refractivity contribution < 1.29 is 9.47 Å². The first-order valence-electron chi connectivity index (χ1n) is 12.1. The summed E-state index contributed by atoms with van der Waals surface area (Å²) < 4.78 is 15.9. The van der Waals surface area contributed by atoms with E-state index in [-0.39, 0.29) is 18.2 Å². The number of hydrogen-bond acceptors (Lipinski definition) is 7. The van der Waals surface area contributed by atoms with Crippen LogP contribution >= 0.6 is 15.9 Å². The van der Waals surface area contributed by atoms with Gasteiger partial charge in [0.15, 0.2) is 5.79 Å². The summed E-state index contributed by atoms with van der Waals surface area (Å²) in [6.07, 6.45) is 7.69. The number of anilines is 2. The highest BCUT2D eigenvalue weighted by Crippen LogP contribution is 2.49. The Kier molecular flexibility index (Phi) is 5.47. The summed E-state index contributed by atoms with van der Waals surface area (Å²) in [5.74, 6) is 0.821. The van der Waals surface area contributed by atoms with Crippen LogP contribution in [0, 0.1) is 5.92 Å². The normalized spacial score (nSPS) is 25.5. The summed E-state index contributed by atoms with van der Waals surface area (Å²) in [5.41, 5.74) is 15.1. The predicted molar refractivity (Wildman–Crippen MR) is 140 cm³/mol. The van der Waals surface area contributed by atoms with E-state index in [1.165, 1.54) is 11.9 Å². The number of nitrogens with zero attached hydrogens (tertiary/aromatic N) is 4. The molecule has 1 saturated heterocycles. The molecule has 4 atom stereocenters. The fraction of sp³-hybridized carbons (Fsp3) is 0.423. The Morgan fingerprint density at radius 2 is 1.91 bits per heavy atom. The highest BCUT2D eigenvalue weighted by atomic mass is 79.9. The minimum atomic E-state index is -0.596. The Hall–Kier alpha value is -2.75. The first-order chi connectivity index (χ1) is 16.8. The topological polar surface area (TPSA) is 114 Å². The molecule has 9 heteroatoms. The van der Waals surface area contributed by atoms with Gasteiger partial charge in [-0.1, -0.05) is 12.1 Å². The lowest BCUT2D eigenvalue weighted by atomic mass is 9.96. The summed E-state index contributed by atoms with van der Waals surface area (Å²) in [7, 11) is 0. The molecule has 1 aliphatic carbocycles. The van der Waals surface area contributed by atoms with Crippen LogP contribution in [0.15, 0.2) is 47.3 Å². The first kappa shape index (κ1) is 22.7. The number of fused-ring (bicyclic) bond motifs is 3. The molecule has 0 bridgehead atoms. The Labute approximate surface area is 212 Å². The van der Waals surface area contributed by atoms with Crippen molar-refractivity contribution in [3.8, 4) is 0 Å². The molecule has 1 aliphatic heterocycles. The molecule has 2 fully saturated rings. The fourth-order valence-corrected chi connectivity index (χ4v) is 6.13. The van der Waals surface area contributed by atoms with E-state index < -0.39 is 5.79 Å². The maximum atomic E-state index is 6.41. The molecule has 0 amide bonds. The van der Waals surface area contributed by atoms with E-state index in [0.717, 1.165) is 52.1 Å². The van der Waals surface area contributed by atoms with Crippen LogP contribution in [0.3, 0.4) is 0 Å². The van der Waals surface area contributed by atoms with Gasteiger partial charge < -0.3 is 25.5 Å². The molecular formula is C26H29BrN6O2. The molecule has 0 spiro atoms. The van der Waals surface area contributed by atoms with Crippen LogP contribution in [0.2, 0.25) is 0 Å². The molecule has 182 valence electrons. The second-order valence-corrected chi connectivity index (χ2v) is 11.0. The van der Waals surface area contributed by atoms with Crippen molar-refractivity contribution in [2.75, 3.05) is 11.5 Å². The second-order valence-electron chi connectivity index (χ2n) is 10.1. The van der Waals surface area contributed by atoms with E-state index >= 15 is 0 Å². The highest BCUT2D eigenvalue weighted by Gasteiger charge is 2.54. The van der Waals surface area contributed by atoms with Crippen molar-refractivity contribution in [2.24, 2.45) is 5.92 Å². The number of nitrogen functional groups attached to an aromatic ring is 2. The molecule has 6 rings (SSSR count). The summed E-state index contributed by atoms with van der Waals surface area (Å²) in [6.45, 7) is 4.00. The molecule has 1 saturated carbocycles. The molecular weight excluding hydrogens is 508 g/mol. The van der Waals surface area contributed by atoms with Gasteiger partial charge in [-0.05, 0) is 85.1 Å². The van der Waals surface area contributed by atoms with Gasteiger partial charge in [0.2, 0.25) is 0 Å². The van der Waals surface area contributed by atoms with Gasteiger partial charge in [0.25, 0.3) is 0 Å². The Morgan fingerprint density at radius 1 is 1.09 bits per heavy atom. The Balaban J connectivity index is 1.20. The van der Waals surface area contributed by atoms with Gasteiger partial charge in [0.05, 0.1) is 27.5 Å². The number of rotatable bonds is 5. The standard InChI is InChI=1S/C26H29BrN6O2/c1-26(2)34-21-16(5-3-4-14-6-7-15-11-18(27)24(29)32-19(15)10-14)12-20(22(21)35-26)33-9-8-17-23(28)30-13-31-25(17)33/h6-11,13,16,20-22H,3-5,12H2,1-2H3,(H2,29,32)(H2,28,30,31)/t16-,20+,21+,22-/m0/s1. The van der Waals surface area contributed by atoms with Crippen LogP contribution in [-0.2, 0) is 15.9 Å². The number of ether oxygens (including phenoxy) is 2. The maximum absolute atomic E-state index is 6.41. The smallest absolute Gasteiger partial charge is 0.163 e. The number of benzene rings is 1. The van der Waals surface area contributed by atoms with Crippen molar-refractivity contribution in [1.29, 1.82) is 0 Å². The number of pyridine rings is 1. The third kappa shape index (κ3) is 4.05. The SMILES string of the molecule is CC1(C)O[C@@H]2[C@@H](CCCc3ccc4cc(Br)c(N)nc4c3)C[C@@H](n3ccc4c(N)ncnc43)[C@@H]2O1. The molecule has 1 aromatic carbocycles. The quantitative estimate of drug-likeness (QED) is 0.368. The Morgan fingerprint density at radius 3 is 2.77 bits per heavy atom. The number of nitrogens with two attached hydrogens (primary N) is 2. The van der Waals surface area contributed by atoms with E-state index in [9.17, 15) is 0 Å². The summed E-state index contributed by atoms with van der Waals surface area (Å²) in [6, 6.07) is 10.6. The zero-order valence-electron chi connectivity index (χ0n) is 19.8. The fourth-order valence-electron chi connectivity index (χ4n) is 5.80. The van der Waals surface area contributed by atoms with Gasteiger partial charge in [-0.2, -0.15) is 0 Å². The van der Waals surface area contributed by atoms with Gasteiger partial charge >= 0.3 is 0 Å². The number of aromatic nitrogens is 4. The number of halogens is 1. The Bertz CT molecular complexity index is 1420. The van der Waals surface area contributed by atoms with Crippen LogP contribution in [-0.4, -0.2) is 37.5 Å².